The lowest BCUT2D eigenvalue weighted by Gasteiger charge is -2.08. The number of carbonyl (C=O) groups excluding carboxylic acids is 1. The monoisotopic (exact) mass is 423 g/mol. The first-order valence-electron chi connectivity index (χ1n) is 9.48. The summed E-state index contributed by atoms with van der Waals surface area (Å²) in [6.07, 6.45) is 1.86. The number of carboxylic acid groups (broad SMARTS) is 1. The Morgan fingerprint density at radius 1 is 0.935 bits per heavy atom. The van der Waals surface area contributed by atoms with Crippen LogP contribution in [0.2, 0.25) is 0 Å². The van der Waals surface area contributed by atoms with Gasteiger partial charge in [0.05, 0.1) is 22.3 Å². The zero-order chi connectivity index (χ0) is 22.3. The highest BCUT2D eigenvalue weighted by molar-refractivity contribution is 6.10. The SMILES string of the molecule is CCc1cc(-c2cc(C(=O)c3c(F)cccc3F)n3cccc(F)c23)ccc1C(=O)O. The number of aromatic carboxylic acids is 1. The van der Waals surface area contributed by atoms with E-state index in [9.17, 15) is 27.9 Å². The van der Waals surface area contributed by atoms with Gasteiger partial charge in [0, 0.05) is 11.8 Å². The van der Waals surface area contributed by atoms with Crippen LogP contribution in [0.3, 0.4) is 0 Å². The van der Waals surface area contributed by atoms with Crippen molar-refractivity contribution in [1.29, 1.82) is 0 Å². The zero-order valence-corrected chi connectivity index (χ0v) is 16.3. The first-order chi connectivity index (χ1) is 14.8. The van der Waals surface area contributed by atoms with Crippen LogP contribution in [0.5, 0.6) is 0 Å². The third-order valence-corrected chi connectivity index (χ3v) is 5.19. The molecule has 2 aromatic carbocycles. The zero-order valence-electron chi connectivity index (χ0n) is 16.3. The second kappa shape index (κ2) is 7.75. The molecule has 7 heteroatoms. The van der Waals surface area contributed by atoms with E-state index in [4.69, 9.17) is 0 Å². The number of aryl methyl sites for hydroxylation is 1. The predicted molar refractivity (Wildman–Crippen MR) is 109 cm³/mol. The van der Waals surface area contributed by atoms with Crippen molar-refractivity contribution in [2.75, 3.05) is 0 Å². The number of carboxylic acids is 1. The third-order valence-electron chi connectivity index (χ3n) is 5.19. The van der Waals surface area contributed by atoms with E-state index in [1.54, 1.807) is 13.0 Å². The molecule has 31 heavy (non-hydrogen) atoms. The molecule has 0 atom stereocenters. The van der Waals surface area contributed by atoms with Gasteiger partial charge in [0.1, 0.15) is 17.5 Å². The molecule has 4 rings (SSSR count). The Labute approximate surface area is 175 Å². The number of ketones is 1. The average molecular weight is 423 g/mol. The molecule has 0 spiro atoms. The molecule has 0 unspecified atom stereocenters. The molecule has 2 aromatic heterocycles. The average Bonchev–Trinajstić information content (AvgIpc) is 3.14. The fraction of sp³-hybridized carbons (Fsp3) is 0.0833. The van der Waals surface area contributed by atoms with E-state index in [1.165, 1.54) is 40.9 Å². The molecular formula is C24H16F3NO3. The number of nitrogens with zero attached hydrogens (tertiary/aromatic N) is 1. The number of rotatable bonds is 5. The van der Waals surface area contributed by atoms with E-state index in [-0.39, 0.29) is 16.8 Å². The summed E-state index contributed by atoms with van der Waals surface area (Å²) in [5, 5.41) is 9.35. The van der Waals surface area contributed by atoms with Crippen LogP contribution < -0.4 is 0 Å². The summed E-state index contributed by atoms with van der Waals surface area (Å²) < 4.78 is 44.5. The van der Waals surface area contributed by atoms with Crippen LogP contribution in [0.25, 0.3) is 16.6 Å². The van der Waals surface area contributed by atoms with E-state index < -0.39 is 34.8 Å². The van der Waals surface area contributed by atoms with Gasteiger partial charge in [-0.3, -0.25) is 4.79 Å². The molecule has 0 saturated carbocycles. The van der Waals surface area contributed by atoms with Gasteiger partial charge in [-0.05, 0) is 53.9 Å². The van der Waals surface area contributed by atoms with Crippen molar-refractivity contribution >= 4 is 17.3 Å². The summed E-state index contributed by atoms with van der Waals surface area (Å²) in [4.78, 5) is 24.5. The summed E-state index contributed by atoms with van der Waals surface area (Å²) in [6.45, 7) is 1.79. The molecule has 2 heterocycles. The number of pyridine rings is 1. The molecule has 0 aliphatic carbocycles. The van der Waals surface area contributed by atoms with Crippen molar-refractivity contribution < 1.29 is 27.9 Å². The Morgan fingerprint density at radius 3 is 2.26 bits per heavy atom. The molecule has 0 radical (unpaired) electrons. The van der Waals surface area contributed by atoms with Crippen molar-refractivity contribution in [3.8, 4) is 11.1 Å². The second-order valence-electron chi connectivity index (χ2n) is 6.97. The number of halogens is 3. The number of hydrogen-bond donors (Lipinski definition) is 1. The maximum atomic E-state index is 14.8. The Hall–Kier alpha value is -3.87. The van der Waals surface area contributed by atoms with E-state index in [1.807, 2.05) is 0 Å². The Balaban J connectivity index is 1.97. The van der Waals surface area contributed by atoms with Gasteiger partial charge in [-0.25, -0.2) is 18.0 Å². The number of fused-ring (bicyclic) bond motifs is 1. The quantitative estimate of drug-likeness (QED) is 0.431. The van der Waals surface area contributed by atoms with E-state index >= 15 is 0 Å². The van der Waals surface area contributed by atoms with Crippen molar-refractivity contribution in [2.24, 2.45) is 0 Å². The molecular weight excluding hydrogens is 407 g/mol. The Morgan fingerprint density at radius 2 is 1.61 bits per heavy atom. The summed E-state index contributed by atoms with van der Waals surface area (Å²) in [6, 6.07) is 11.6. The van der Waals surface area contributed by atoms with Crippen molar-refractivity contribution in [3.05, 3.63) is 101 Å². The Bertz CT molecular complexity index is 1340. The maximum Gasteiger partial charge on any atom is 0.335 e. The van der Waals surface area contributed by atoms with Gasteiger partial charge >= 0.3 is 5.97 Å². The first-order valence-corrected chi connectivity index (χ1v) is 9.48. The molecule has 0 aliphatic heterocycles. The molecule has 0 fully saturated rings. The van der Waals surface area contributed by atoms with Gasteiger partial charge < -0.3 is 9.51 Å². The smallest absolute Gasteiger partial charge is 0.335 e. The lowest BCUT2D eigenvalue weighted by molar-refractivity contribution is 0.0695. The predicted octanol–water partition coefficient (Wildman–Crippen LogP) is 5.52. The molecule has 0 saturated heterocycles. The van der Waals surface area contributed by atoms with Crippen molar-refractivity contribution in [1.82, 2.24) is 4.40 Å². The van der Waals surface area contributed by atoms with Crippen molar-refractivity contribution in [2.45, 2.75) is 13.3 Å². The van der Waals surface area contributed by atoms with Gasteiger partial charge in [0.2, 0.25) is 5.78 Å². The standard InChI is InChI=1S/C24H16F3NO3/c1-2-13-11-14(8-9-15(13)24(30)31)16-12-20(28-10-4-7-19(27)22(16)28)23(29)21-17(25)5-3-6-18(21)26/h3-12H,2H2,1H3,(H,30,31). The van der Waals surface area contributed by atoms with Crippen LogP contribution in [0, 0.1) is 17.5 Å². The molecule has 0 bridgehead atoms. The van der Waals surface area contributed by atoms with Gasteiger partial charge in [0.15, 0.2) is 0 Å². The van der Waals surface area contributed by atoms with Crippen LogP contribution in [-0.2, 0) is 6.42 Å². The molecule has 4 aromatic rings. The number of carbonyl (C=O) groups is 2. The Kier molecular flexibility index (Phi) is 5.10. The van der Waals surface area contributed by atoms with Crippen molar-refractivity contribution in [3.63, 3.8) is 0 Å². The minimum Gasteiger partial charge on any atom is -0.478 e. The number of hydrogen-bond acceptors (Lipinski definition) is 2. The molecule has 4 nitrogen and oxygen atoms in total. The lowest BCUT2D eigenvalue weighted by Crippen LogP contribution is -2.10. The number of benzene rings is 2. The minimum absolute atomic E-state index is 0.0488. The minimum atomic E-state index is -1.08. The molecule has 156 valence electrons. The number of aromatic nitrogens is 1. The van der Waals surface area contributed by atoms with E-state index in [2.05, 4.69) is 0 Å². The van der Waals surface area contributed by atoms with Crippen LogP contribution in [0.1, 0.15) is 38.9 Å². The first kappa shape index (κ1) is 20.4. The van der Waals surface area contributed by atoms with Gasteiger partial charge in [0.25, 0.3) is 0 Å². The van der Waals surface area contributed by atoms with E-state index in [0.717, 1.165) is 18.2 Å². The highest BCUT2D eigenvalue weighted by Gasteiger charge is 2.25. The second-order valence-corrected chi connectivity index (χ2v) is 6.97. The van der Waals surface area contributed by atoms with Gasteiger partial charge in [-0.2, -0.15) is 0 Å². The summed E-state index contributed by atoms with van der Waals surface area (Å²) in [7, 11) is 0. The summed E-state index contributed by atoms with van der Waals surface area (Å²) in [5.74, 6) is -4.68. The van der Waals surface area contributed by atoms with Gasteiger partial charge in [-0.15, -0.1) is 0 Å². The lowest BCUT2D eigenvalue weighted by atomic mass is 9.97. The topological polar surface area (TPSA) is 58.8 Å². The fourth-order valence-electron chi connectivity index (χ4n) is 3.72. The van der Waals surface area contributed by atoms with Crippen LogP contribution in [-0.4, -0.2) is 21.3 Å². The maximum absolute atomic E-state index is 14.8. The normalized spacial score (nSPS) is 11.1. The largest absolute Gasteiger partial charge is 0.478 e. The summed E-state index contributed by atoms with van der Waals surface area (Å²) >= 11 is 0. The van der Waals surface area contributed by atoms with Gasteiger partial charge in [-0.1, -0.05) is 25.1 Å². The third kappa shape index (κ3) is 3.38. The molecule has 0 amide bonds. The van der Waals surface area contributed by atoms with Crippen LogP contribution in [0.15, 0.2) is 60.8 Å². The van der Waals surface area contributed by atoms with Crippen LogP contribution >= 0.6 is 0 Å². The fourth-order valence-corrected chi connectivity index (χ4v) is 3.72. The molecule has 0 aliphatic rings. The molecule has 1 N–H and O–H groups in total. The highest BCUT2D eigenvalue weighted by atomic mass is 19.1. The highest BCUT2D eigenvalue weighted by Crippen LogP contribution is 2.33. The van der Waals surface area contributed by atoms with E-state index in [0.29, 0.717) is 23.1 Å². The van der Waals surface area contributed by atoms with Crippen LogP contribution in [0.4, 0.5) is 13.2 Å². The summed E-state index contributed by atoms with van der Waals surface area (Å²) in [5.41, 5.74) is 0.658.